The van der Waals surface area contributed by atoms with E-state index in [1.165, 1.54) is 0 Å². The number of para-hydroxylation sites is 2. The number of nitrogens with one attached hydrogen (secondary N) is 1. The number of amides is 2. The Labute approximate surface area is 164 Å². The highest BCUT2D eigenvalue weighted by Crippen LogP contribution is 2.27. The third-order valence-corrected chi connectivity index (χ3v) is 5.12. The van der Waals surface area contributed by atoms with Crippen LogP contribution < -0.4 is 5.32 Å². The molecule has 4 rings (SSSR count). The first-order valence-electron chi connectivity index (χ1n) is 9.56. The number of piperidine rings is 1. The summed E-state index contributed by atoms with van der Waals surface area (Å²) in [5, 5.41) is 7.63. The smallest absolute Gasteiger partial charge is 0.321 e. The minimum absolute atomic E-state index is 0.0901. The molecule has 2 amide bonds. The molecule has 2 aromatic heterocycles. The van der Waals surface area contributed by atoms with E-state index in [0.717, 1.165) is 47.8 Å². The average molecular weight is 376 g/mol. The molecule has 1 aliphatic heterocycles. The van der Waals surface area contributed by atoms with Crippen LogP contribution in [-0.4, -0.2) is 43.8 Å². The van der Waals surface area contributed by atoms with E-state index in [-0.39, 0.29) is 11.9 Å². The van der Waals surface area contributed by atoms with Crippen molar-refractivity contribution in [3.63, 3.8) is 0 Å². The molecule has 1 fully saturated rings. The second-order valence-corrected chi connectivity index (χ2v) is 7.21. The molecule has 1 saturated heterocycles. The summed E-state index contributed by atoms with van der Waals surface area (Å²) in [6, 6.07) is 11.6. The Hall–Kier alpha value is -3.22. The summed E-state index contributed by atoms with van der Waals surface area (Å²) in [6.45, 7) is 5.38. The molecule has 0 spiro atoms. The van der Waals surface area contributed by atoms with Crippen molar-refractivity contribution in [2.24, 2.45) is 0 Å². The van der Waals surface area contributed by atoms with Crippen molar-refractivity contribution >= 4 is 11.7 Å². The SMILES string of the molecule is Cc1cc(C)n(-c2ccccc2NC(=O)N2CCCC(c3ccncn3)C2)n1. The highest BCUT2D eigenvalue weighted by molar-refractivity contribution is 5.91. The average Bonchev–Trinajstić information content (AvgIpc) is 3.07. The fraction of sp³-hybridized carbons (Fsp3) is 0.333. The molecule has 3 heterocycles. The van der Waals surface area contributed by atoms with Gasteiger partial charge in [0.05, 0.1) is 17.1 Å². The van der Waals surface area contributed by atoms with Crippen molar-refractivity contribution in [2.45, 2.75) is 32.6 Å². The van der Waals surface area contributed by atoms with Crippen LogP contribution >= 0.6 is 0 Å². The number of urea groups is 1. The van der Waals surface area contributed by atoms with Crippen LogP contribution in [0.1, 0.15) is 35.8 Å². The van der Waals surface area contributed by atoms with Gasteiger partial charge in [-0.25, -0.2) is 19.4 Å². The van der Waals surface area contributed by atoms with E-state index in [1.54, 1.807) is 12.5 Å². The molecule has 1 aliphatic rings. The van der Waals surface area contributed by atoms with Crippen molar-refractivity contribution in [2.75, 3.05) is 18.4 Å². The monoisotopic (exact) mass is 376 g/mol. The molecule has 28 heavy (non-hydrogen) atoms. The Kier molecular flexibility index (Phi) is 5.06. The number of carbonyl (C=O) groups excluding carboxylic acids is 1. The predicted molar refractivity (Wildman–Crippen MR) is 108 cm³/mol. The number of aromatic nitrogens is 4. The summed E-state index contributed by atoms with van der Waals surface area (Å²) in [5.74, 6) is 0.244. The molecule has 3 aromatic rings. The molecule has 0 bridgehead atoms. The lowest BCUT2D eigenvalue weighted by molar-refractivity contribution is 0.192. The maximum atomic E-state index is 13.0. The van der Waals surface area contributed by atoms with Gasteiger partial charge in [-0.2, -0.15) is 5.10 Å². The summed E-state index contributed by atoms with van der Waals surface area (Å²) in [6.07, 6.45) is 5.31. The van der Waals surface area contributed by atoms with Gasteiger partial charge in [0.1, 0.15) is 6.33 Å². The Balaban J connectivity index is 1.52. The predicted octanol–water partition coefficient (Wildman–Crippen LogP) is 3.69. The molecular formula is C21H24N6O. The van der Waals surface area contributed by atoms with Crippen LogP contribution in [0.3, 0.4) is 0 Å². The normalized spacial score (nSPS) is 16.8. The van der Waals surface area contributed by atoms with Gasteiger partial charge in [-0.1, -0.05) is 12.1 Å². The van der Waals surface area contributed by atoms with E-state index in [9.17, 15) is 4.79 Å². The molecular weight excluding hydrogens is 352 g/mol. The number of carbonyl (C=O) groups is 1. The summed E-state index contributed by atoms with van der Waals surface area (Å²) >= 11 is 0. The van der Waals surface area contributed by atoms with Crippen LogP contribution in [0.4, 0.5) is 10.5 Å². The molecule has 0 aliphatic carbocycles. The molecule has 1 unspecified atom stereocenters. The number of rotatable bonds is 3. The van der Waals surface area contributed by atoms with Gasteiger partial charge >= 0.3 is 6.03 Å². The maximum absolute atomic E-state index is 13.0. The van der Waals surface area contributed by atoms with Gasteiger partial charge in [0.15, 0.2) is 0 Å². The lowest BCUT2D eigenvalue weighted by Gasteiger charge is -2.32. The molecule has 1 atom stereocenters. The summed E-state index contributed by atoms with van der Waals surface area (Å²) in [4.78, 5) is 23.2. The summed E-state index contributed by atoms with van der Waals surface area (Å²) < 4.78 is 1.87. The Morgan fingerprint density at radius 2 is 2.07 bits per heavy atom. The number of anilines is 1. The number of hydrogen-bond acceptors (Lipinski definition) is 4. The van der Waals surface area contributed by atoms with Crippen LogP contribution in [0.25, 0.3) is 5.69 Å². The topological polar surface area (TPSA) is 75.9 Å². The first-order valence-corrected chi connectivity index (χ1v) is 9.56. The van der Waals surface area contributed by atoms with Crippen LogP contribution in [0.5, 0.6) is 0 Å². The number of nitrogens with zero attached hydrogens (tertiary/aromatic N) is 5. The van der Waals surface area contributed by atoms with Gasteiger partial charge in [-0.05, 0) is 51.0 Å². The van der Waals surface area contributed by atoms with Crippen molar-refractivity contribution in [3.05, 3.63) is 66.0 Å². The van der Waals surface area contributed by atoms with Crippen LogP contribution in [0.15, 0.2) is 48.9 Å². The van der Waals surface area contributed by atoms with Gasteiger partial charge in [0.2, 0.25) is 0 Å². The molecule has 0 radical (unpaired) electrons. The minimum Gasteiger partial charge on any atom is -0.324 e. The van der Waals surface area contributed by atoms with Crippen LogP contribution in [0, 0.1) is 13.8 Å². The molecule has 0 saturated carbocycles. The Bertz CT molecular complexity index is 968. The second kappa shape index (κ2) is 7.80. The Morgan fingerprint density at radius 1 is 1.21 bits per heavy atom. The number of aryl methyl sites for hydroxylation is 2. The maximum Gasteiger partial charge on any atom is 0.321 e. The van der Waals surface area contributed by atoms with Crippen molar-refractivity contribution in [3.8, 4) is 5.69 Å². The number of benzene rings is 1. The standard InChI is InChI=1S/C21H24N6O/c1-15-12-16(2)27(25-15)20-8-4-3-7-19(20)24-21(28)26-11-5-6-17(13-26)18-9-10-22-14-23-18/h3-4,7-10,12,14,17H,5-6,11,13H2,1-2H3,(H,24,28). The zero-order chi connectivity index (χ0) is 19.5. The van der Waals surface area contributed by atoms with E-state index in [0.29, 0.717) is 6.54 Å². The van der Waals surface area contributed by atoms with E-state index in [1.807, 2.05) is 59.8 Å². The third-order valence-electron chi connectivity index (χ3n) is 5.12. The number of likely N-dealkylation sites (tertiary alicyclic amines) is 1. The zero-order valence-corrected chi connectivity index (χ0v) is 16.2. The lowest BCUT2D eigenvalue weighted by Crippen LogP contribution is -2.41. The van der Waals surface area contributed by atoms with Gasteiger partial charge in [-0.3, -0.25) is 0 Å². The molecule has 1 N–H and O–H groups in total. The molecule has 7 heteroatoms. The van der Waals surface area contributed by atoms with E-state index in [2.05, 4.69) is 20.4 Å². The van der Waals surface area contributed by atoms with Gasteiger partial charge in [-0.15, -0.1) is 0 Å². The largest absolute Gasteiger partial charge is 0.324 e. The van der Waals surface area contributed by atoms with Crippen molar-refractivity contribution < 1.29 is 4.79 Å². The van der Waals surface area contributed by atoms with Gasteiger partial charge < -0.3 is 10.2 Å². The van der Waals surface area contributed by atoms with Gasteiger partial charge in [0.25, 0.3) is 0 Å². The molecule has 1 aromatic carbocycles. The van der Waals surface area contributed by atoms with Crippen LogP contribution in [-0.2, 0) is 0 Å². The first-order chi connectivity index (χ1) is 13.6. The minimum atomic E-state index is -0.0901. The Morgan fingerprint density at radius 3 is 2.82 bits per heavy atom. The second-order valence-electron chi connectivity index (χ2n) is 7.21. The first kappa shape index (κ1) is 18.2. The van der Waals surface area contributed by atoms with E-state index in [4.69, 9.17) is 0 Å². The molecule has 7 nitrogen and oxygen atoms in total. The van der Waals surface area contributed by atoms with Gasteiger partial charge in [0, 0.05) is 36.6 Å². The highest BCUT2D eigenvalue weighted by atomic mass is 16.2. The third kappa shape index (κ3) is 3.74. The van der Waals surface area contributed by atoms with E-state index < -0.39 is 0 Å². The van der Waals surface area contributed by atoms with Crippen LogP contribution in [0.2, 0.25) is 0 Å². The van der Waals surface area contributed by atoms with E-state index >= 15 is 0 Å². The molecule has 144 valence electrons. The van der Waals surface area contributed by atoms with Crippen molar-refractivity contribution in [1.82, 2.24) is 24.6 Å². The zero-order valence-electron chi connectivity index (χ0n) is 16.2. The highest BCUT2D eigenvalue weighted by Gasteiger charge is 2.26. The summed E-state index contributed by atoms with van der Waals surface area (Å²) in [5.41, 5.74) is 4.59. The van der Waals surface area contributed by atoms with Crippen molar-refractivity contribution in [1.29, 1.82) is 0 Å². The number of hydrogen-bond donors (Lipinski definition) is 1. The fourth-order valence-corrected chi connectivity index (χ4v) is 3.78. The fourth-order valence-electron chi connectivity index (χ4n) is 3.78. The lowest BCUT2D eigenvalue weighted by atomic mass is 9.95. The summed E-state index contributed by atoms with van der Waals surface area (Å²) in [7, 11) is 0. The quantitative estimate of drug-likeness (QED) is 0.756.